The van der Waals surface area contributed by atoms with E-state index in [1.54, 1.807) is 19.6 Å². The number of aromatic nitrogens is 2. The quantitative estimate of drug-likeness (QED) is 0.623. The molecule has 1 fully saturated rings. The standard InChI is InChI=1S/C20H27N5O3/c1-28-18-6-3-2-5-16(18)14-25-12-9-23-20(27)17(25)13-19(26)22-7-4-10-24-11-8-21-15-24/h2-3,5-6,8,11,15,17H,4,7,9-10,12-14H2,1H3,(H,22,26)(H,23,27)/t17-/m0/s1. The molecule has 2 N–H and O–H groups in total. The first-order valence-electron chi connectivity index (χ1n) is 9.53. The topological polar surface area (TPSA) is 88.5 Å². The van der Waals surface area contributed by atoms with Gasteiger partial charge in [0.05, 0.1) is 25.9 Å². The van der Waals surface area contributed by atoms with Crippen molar-refractivity contribution in [2.75, 3.05) is 26.7 Å². The number of ether oxygens (including phenoxy) is 1. The lowest BCUT2D eigenvalue weighted by molar-refractivity contribution is -0.134. The van der Waals surface area contributed by atoms with Gasteiger partial charge in [-0.3, -0.25) is 14.5 Å². The van der Waals surface area contributed by atoms with Gasteiger partial charge in [0.15, 0.2) is 0 Å². The molecule has 8 heteroatoms. The zero-order chi connectivity index (χ0) is 19.8. The number of methoxy groups -OCH3 is 1. The van der Waals surface area contributed by atoms with Gasteiger partial charge < -0.3 is 19.9 Å². The van der Waals surface area contributed by atoms with Gasteiger partial charge in [-0.1, -0.05) is 18.2 Å². The minimum atomic E-state index is -0.479. The van der Waals surface area contributed by atoms with Crippen LogP contribution in [0, 0.1) is 0 Å². The van der Waals surface area contributed by atoms with E-state index < -0.39 is 6.04 Å². The molecule has 28 heavy (non-hydrogen) atoms. The number of rotatable bonds is 9. The Morgan fingerprint density at radius 3 is 3.04 bits per heavy atom. The number of hydrogen-bond acceptors (Lipinski definition) is 5. The van der Waals surface area contributed by atoms with Gasteiger partial charge in [0.25, 0.3) is 0 Å². The van der Waals surface area contributed by atoms with Crippen LogP contribution in [0.4, 0.5) is 0 Å². The molecule has 0 bridgehead atoms. The molecule has 2 aromatic rings. The molecule has 0 spiro atoms. The summed E-state index contributed by atoms with van der Waals surface area (Å²) in [6, 6.07) is 7.27. The van der Waals surface area contributed by atoms with E-state index in [1.807, 2.05) is 39.9 Å². The number of imidazole rings is 1. The number of piperazine rings is 1. The lowest BCUT2D eigenvalue weighted by atomic mass is 10.1. The summed E-state index contributed by atoms with van der Waals surface area (Å²) in [5, 5.41) is 5.78. The van der Waals surface area contributed by atoms with Crippen LogP contribution in [-0.4, -0.2) is 59.1 Å². The fourth-order valence-corrected chi connectivity index (χ4v) is 3.38. The molecule has 1 aromatic carbocycles. The maximum atomic E-state index is 12.4. The molecule has 2 heterocycles. The van der Waals surface area contributed by atoms with Crippen molar-refractivity contribution >= 4 is 11.8 Å². The van der Waals surface area contributed by atoms with Crippen LogP contribution in [0.3, 0.4) is 0 Å². The second kappa shape index (κ2) is 9.89. The number of nitrogens with one attached hydrogen (secondary N) is 2. The van der Waals surface area contributed by atoms with E-state index in [0.29, 0.717) is 26.2 Å². The van der Waals surface area contributed by atoms with Gasteiger partial charge in [-0.2, -0.15) is 0 Å². The number of carbonyl (C=O) groups is 2. The number of aryl methyl sites for hydroxylation is 1. The van der Waals surface area contributed by atoms with Crippen LogP contribution in [0.25, 0.3) is 0 Å². The van der Waals surface area contributed by atoms with E-state index in [9.17, 15) is 9.59 Å². The number of amides is 2. The zero-order valence-corrected chi connectivity index (χ0v) is 16.1. The van der Waals surface area contributed by atoms with E-state index in [4.69, 9.17) is 4.74 Å². The summed E-state index contributed by atoms with van der Waals surface area (Å²) in [6.45, 7) is 3.21. The monoisotopic (exact) mass is 385 g/mol. The van der Waals surface area contributed by atoms with Gasteiger partial charge in [-0.25, -0.2) is 4.98 Å². The Balaban J connectivity index is 1.53. The van der Waals surface area contributed by atoms with Crippen molar-refractivity contribution in [3.63, 3.8) is 0 Å². The van der Waals surface area contributed by atoms with Crippen LogP contribution in [0.5, 0.6) is 5.75 Å². The van der Waals surface area contributed by atoms with Gasteiger partial charge in [0, 0.05) is 50.7 Å². The van der Waals surface area contributed by atoms with Crippen molar-refractivity contribution in [1.82, 2.24) is 25.1 Å². The Morgan fingerprint density at radius 2 is 2.25 bits per heavy atom. The SMILES string of the molecule is COc1ccccc1CN1CCNC(=O)[C@@H]1CC(=O)NCCCn1ccnc1. The molecule has 1 aromatic heterocycles. The molecule has 1 atom stereocenters. The summed E-state index contributed by atoms with van der Waals surface area (Å²) in [5.41, 5.74) is 1.01. The maximum Gasteiger partial charge on any atom is 0.237 e. The molecule has 8 nitrogen and oxygen atoms in total. The summed E-state index contributed by atoms with van der Waals surface area (Å²) in [6.07, 6.45) is 6.33. The summed E-state index contributed by atoms with van der Waals surface area (Å²) in [7, 11) is 1.64. The van der Waals surface area contributed by atoms with Crippen LogP contribution in [-0.2, 0) is 22.7 Å². The molecule has 1 aliphatic rings. The average Bonchev–Trinajstić information content (AvgIpc) is 3.22. The van der Waals surface area contributed by atoms with Crippen molar-refractivity contribution in [2.24, 2.45) is 0 Å². The van der Waals surface area contributed by atoms with Crippen molar-refractivity contribution in [3.05, 3.63) is 48.5 Å². The van der Waals surface area contributed by atoms with E-state index in [1.165, 1.54) is 0 Å². The van der Waals surface area contributed by atoms with Gasteiger partial charge in [0.2, 0.25) is 11.8 Å². The van der Waals surface area contributed by atoms with Crippen LogP contribution >= 0.6 is 0 Å². The highest BCUT2D eigenvalue weighted by molar-refractivity contribution is 5.88. The predicted octanol–water partition coefficient (Wildman–Crippen LogP) is 0.789. The third kappa shape index (κ3) is 5.32. The highest BCUT2D eigenvalue weighted by atomic mass is 16.5. The molecule has 0 radical (unpaired) electrons. The molecule has 1 saturated heterocycles. The number of carbonyl (C=O) groups excluding carboxylic acids is 2. The zero-order valence-electron chi connectivity index (χ0n) is 16.1. The number of benzene rings is 1. The minimum Gasteiger partial charge on any atom is -0.496 e. The van der Waals surface area contributed by atoms with Crippen molar-refractivity contribution in [2.45, 2.75) is 32.0 Å². The molecule has 0 saturated carbocycles. The molecular weight excluding hydrogens is 358 g/mol. The fourth-order valence-electron chi connectivity index (χ4n) is 3.38. The van der Waals surface area contributed by atoms with Crippen molar-refractivity contribution < 1.29 is 14.3 Å². The average molecular weight is 385 g/mol. The Labute approximate surface area is 164 Å². The first kappa shape index (κ1) is 19.9. The fraction of sp³-hybridized carbons (Fsp3) is 0.450. The van der Waals surface area contributed by atoms with Gasteiger partial charge in [-0.15, -0.1) is 0 Å². The van der Waals surface area contributed by atoms with Crippen LogP contribution in [0.2, 0.25) is 0 Å². The van der Waals surface area contributed by atoms with Crippen molar-refractivity contribution in [1.29, 1.82) is 0 Å². The Hall–Kier alpha value is -2.87. The summed E-state index contributed by atoms with van der Waals surface area (Å²) in [5.74, 6) is 0.573. The lowest BCUT2D eigenvalue weighted by Gasteiger charge is -2.35. The first-order valence-corrected chi connectivity index (χ1v) is 9.53. The largest absolute Gasteiger partial charge is 0.496 e. The predicted molar refractivity (Wildman–Crippen MR) is 105 cm³/mol. The molecule has 1 aliphatic heterocycles. The Kier molecular flexibility index (Phi) is 7.02. The highest BCUT2D eigenvalue weighted by Gasteiger charge is 2.31. The summed E-state index contributed by atoms with van der Waals surface area (Å²) >= 11 is 0. The third-order valence-electron chi connectivity index (χ3n) is 4.86. The highest BCUT2D eigenvalue weighted by Crippen LogP contribution is 2.21. The first-order chi connectivity index (χ1) is 13.7. The molecular formula is C20H27N5O3. The smallest absolute Gasteiger partial charge is 0.237 e. The van der Waals surface area contributed by atoms with E-state index in [2.05, 4.69) is 15.6 Å². The van der Waals surface area contributed by atoms with Crippen LogP contribution < -0.4 is 15.4 Å². The normalized spacial score (nSPS) is 17.2. The van der Waals surface area contributed by atoms with E-state index in [-0.39, 0.29) is 18.2 Å². The summed E-state index contributed by atoms with van der Waals surface area (Å²) in [4.78, 5) is 30.8. The summed E-state index contributed by atoms with van der Waals surface area (Å²) < 4.78 is 7.38. The molecule has 150 valence electrons. The number of hydrogen-bond donors (Lipinski definition) is 2. The maximum absolute atomic E-state index is 12.4. The molecule has 0 unspecified atom stereocenters. The van der Waals surface area contributed by atoms with Crippen LogP contribution in [0.1, 0.15) is 18.4 Å². The van der Waals surface area contributed by atoms with Gasteiger partial charge >= 0.3 is 0 Å². The molecule has 3 rings (SSSR count). The molecule has 0 aliphatic carbocycles. The van der Waals surface area contributed by atoms with E-state index >= 15 is 0 Å². The molecule has 2 amide bonds. The minimum absolute atomic E-state index is 0.102. The van der Waals surface area contributed by atoms with Crippen LogP contribution in [0.15, 0.2) is 43.0 Å². The van der Waals surface area contributed by atoms with Crippen molar-refractivity contribution in [3.8, 4) is 5.75 Å². The Morgan fingerprint density at radius 1 is 1.39 bits per heavy atom. The van der Waals surface area contributed by atoms with E-state index in [0.717, 1.165) is 24.3 Å². The number of nitrogens with zero attached hydrogens (tertiary/aromatic N) is 3. The Bertz CT molecular complexity index is 778. The second-order valence-corrected chi connectivity index (χ2v) is 6.80. The van der Waals surface area contributed by atoms with Gasteiger partial charge in [0.1, 0.15) is 5.75 Å². The third-order valence-corrected chi connectivity index (χ3v) is 4.86. The van der Waals surface area contributed by atoms with Gasteiger partial charge in [-0.05, 0) is 12.5 Å². The number of para-hydroxylation sites is 1. The second-order valence-electron chi connectivity index (χ2n) is 6.80. The lowest BCUT2D eigenvalue weighted by Crippen LogP contribution is -2.56.